The minimum atomic E-state index is -0.815. The van der Waals surface area contributed by atoms with Crippen LogP contribution in [0.15, 0.2) is 12.2 Å². The number of esters is 2. The maximum absolute atomic E-state index is 11.9. The van der Waals surface area contributed by atoms with Gasteiger partial charge in [-0.05, 0) is 25.7 Å². The van der Waals surface area contributed by atoms with Crippen LogP contribution in [0.1, 0.15) is 129 Å². The number of carbonyl (C=O) groups is 2. The highest BCUT2D eigenvalue weighted by Gasteiger charge is 2.62. The lowest BCUT2D eigenvalue weighted by atomic mass is 9.63. The number of carbonyl (C=O) groups excluding carboxylic acids is 2. The van der Waals surface area contributed by atoms with Gasteiger partial charge in [-0.25, -0.2) is 0 Å². The third kappa shape index (κ3) is 7.57. The molecule has 2 rings (SSSR count). The Labute approximate surface area is 179 Å². The topological polar surface area (TPSA) is 43.4 Å². The van der Waals surface area contributed by atoms with Gasteiger partial charge in [0.2, 0.25) is 0 Å². The molecule has 0 bridgehead atoms. The van der Waals surface area contributed by atoms with Gasteiger partial charge in [-0.1, -0.05) is 115 Å². The molecule has 1 aliphatic heterocycles. The molecule has 3 nitrogen and oxygen atoms in total. The number of hydrogen-bond acceptors (Lipinski definition) is 3. The molecule has 0 amide bonds. The fourth-order valence-corrected chi connectivity index (χ4v) is 4.99. The molecule has 0 radical (unpaired) electrons. The Balaban J connectivity index is 1.41. The Morgan fingerprint density at radius 1 is 0.793 bits per heavy atom. The van der Waals surface area contributed by atoms with Gasteiger partial charge >= 0.3 is 11.9 Å². The first-order valence-electron chi connectivity index (χ1n) is 12.6. The molecule has 1 heterocycles. The van der Waals surface area contributed by atoms with E-state index in [0.717, 1.165) is 25.7 Å². The fourth-order valence-electron chi connectivity index (χ4n) is 4.99. The summed E-state index contributed by atoms with van der Waals surface area (Å²) in [5.74, 6) is -0.502. The summed E-state index contributed by atoms with van der Waals surface area (Å²) in [4.78, 5) is 23.8. The number of hydrogen-bond donors (Lipinski definition) is 0. The molecule has 1 atom stereocenters. The second-order valence-electron chi connectivity index (χ2n) is 9.31. The number of allylic oxidation sites excluding steroid dienone is 2. The summed E-state index contributed by atoms with van der Waals surface area (Å²) in [7, 11) is 0. The minimum absolute atomic E-state index is 0.0663. The SMILES string of the molecule is CCCCCCCCCCCCCCCCC=CC1CCCCC12C(=O)OC2=O. The van der Waals surface area contributed by atoms with Crippen molar-refractivity contribution in [2.24, 2.45) is 11.3 Å². The van der Waals surface area contributed by atoms with Crippen LogP contribution < -0.4 is 0 Å². The predicted octanol–water partition coefficient (Wildman–Crippen LogP) is 7.67. The molecule has 29 heavy (non-hydrogen) atoms. The summed E-state index contributed by atoms with van der Waals surface area (Å²) in [6, 6.07) is 0. The molecule has 2 aliphatic rings. The molecule has 1 aliphatic carbocycles. The molecular formula is C26H44O3. The highest BCUT2D eigenvalue weighted by Crippen LogP contribution is 2.49. The van der Waals surface area contributed by atoms with E-state index in [0.29, 0.717) is 6.42 Å². The average Bonchev–Trinajstić information content (AvgIpc) is 2.74. The van der Waals surface area contributed by atoms with Crippen molar-refractivity contribution in [3.05, 3.63) is 12.2 Å². The van der Waals surface area contributed by atoms with Crippen LogP contribution in [0.4, 0.5) is 0 Å². The van der Waals surface area contributed by atoms with Crippen molar-refractivity contribution < 1.29 is 14.3 Å². The van der Waals surface area contributed by atoms with E-state index < -0.39 is 5.41 Å². The van der Waals surface area contributed by atoms with Crippen molar-refractivity contribution in [2.75, 3.05) is 0 Å². The molecule has 1 spiro atoms. The summed E-state index contributed by atoms with van der Waals surface area (Å²) in [6.07, 6.45) is 28.4. The number of cyclic esters (lactones) is 2. The molecule has 3 heteroatoms. The van der Waals surface area contributed by atoms with Crippen LogP contribution in [0.5, 0.6) is 0 Å². The quantitative estimate of drug-likeness (QED) is 0.115. The van der Waals surface area contributed by atoms with Gasteiger partial charge in [0.1, 0.15) is 0 Å². The van der Waals surface area contributed by atoms with Crippen LogP contribution in [0.2, 0.25) is 0 Å². The van der Waals surface area contributed by atoms with Gasteiger partial charge in [0, 0.05) is 5.92 Å². The molecule has 166 valence electrons. The summed E-state index contributed by atoms with van der Waals surface area (Å²) in [6.45, 7) is 2.28. The highest BCUT2D eigenvalue weighted by molar-refractivity contribution is 6.14. The van der Waals surface area contributed by atoms with E-state index in [1.165, 1.54) is 89.9 Å². The van der Waals surface area contributed by atoms with Gasteiger partial charge in [-0.15, -0.1) is 0 Å². The molecular weight excluding hydrogens is 360 g/mol. The van der Waals surface area contributed by atoms with Crippen LogP contribution in [-0.2, 0) is 14.3 Å². The molecule has 1 saturated carbocycles. The maximum atomic E-state index is 11.9. The summed E-state index contributed by atoms with van der Waals surface area (Å²) < 4.78 is 4.68. The molecule has 0 aromatic heterocycles. The van der Waals surface area contributed by atoms with E-state index in [1.54, 1.807) is 0 Å². The summed E-state index contributed by atoms with van der Waals surface area (Å²) >= 11 is 0. The number of ether oxygens (including phenoxy) is 1. The number of rotatable bonds is 16. The first-order valence-corrected chi connectivity index (χ1v) is 12.6. The molecule has 0 N–H and O–H groups in total. The van der Waals surface area contributed by atoms with Crippen molar-refractivity contribution >= 4 is 11.9 Å². The van der Waals surface area contributed by atoms with E-state index >= 15 is 0 Å². The molecule has 1 saturated heterocycles. The first kappa shape index (κ1) is 24.2. The van der Waals surface area contributed by atoms with Gasteiger partial charge in [-0.3, -0.25) is 9.59 Å². The molecule has 0 aromatic rings. The lowest BCUT2D eigenvalue weighted by molar-refractivity contribution is -0.203. The third-order valence-corrected chi connectivity index (χ3v) is 6.98. The van der Waals surface area contributed by atoms with E-state index in [4.69, 9.17) is 0 Å². The third-order valence-electron chi connectivity index (χ3n) is 6.98. The van der Waals surface area contributed by atoms with Crippen LogP contribution in [0.3, 0.4) is 0 Å². The van der Waals surface area contributed by atoms with E-state index in [-0.39, 0.29) is 17.9 Å². The molecule has 2 fully saturated rings. The van der Waals surface area contributed by atoms with Crippen LogP contribution in [-0.4, -0.2) is 11.9 Å². The minimum Gasteiger partial charge on any atom is -0.391 e. The second kappa shape index (κ2) is 14.0. The zero-order valence-corrected chi connectivity index (χ0v) is 18.9. The standard InChI is InChI=1S/C26H44O3/c1-2-3-4-5-6-7-8-9-10-11-12-13-14-15-16-17-20-23-21-18-19-22-26(23)24(27)29-25(26)28/h17,20,23H,2-16,18-19,21-22H2,1H3. The van der Waals surface area contributed by atoms with Crippen LogP contribution in [0.25, 0.3) is 0 Å². The van der Waals surface area contributed by atoms with Crippen molar-refractivity contribution in [1.82, 2.24) is 0 Å². The van der Waals surface area contributed by atoms with Crippen molar-refractivity contribution in [3.63, 3.8) is 0 Å². The van der Waals surface area contributed by atoms with Crippen molar-refractivity contribution in [1.29, 1.82) is 0 Å². The Morgan fingerprint density at radius 3 is 1.83 bits per heavy atom. The zero-order valence-electron chi connectivity index (χ0n) is 18.9. The Morgan fingerprint density at radius 2 is 1.31 bits per heavy atom. The Kier molecular flexibility index (Phi) is 11.6. The summed E-state index contributed by atoms with van der Waals surface area (Å²) in [5.41, 5.74) is -0.815. The van der Waals surface area contributed by atoms with Crippen molar-refractivity contribution in [3.8, 4) is 0 Å². The molecule has 0 aromatic carbocycles. The van der Waals surface area contributed by atoms with Gasteiger partial charge in [0.15, 0.2) is 5.41 Å². The molecule has 1 unspecified atom stereocenters. The smallest absolute Gasteiger partial charge is 0.331 e. The monoisotopic (exact) mass is 404 g/mol. The van der Waals surface area contributed by atoms with Crippen molar-refractivity contribution in [2.45, 2.75) is 129 Å². The van der Waals surface area contributed by atoms with Gasteiger partial charge in [0.05, 0.1) is 0 Å². The lowest BCUT2D eigenvalue weighted by Crippen LogP contribution is -2.58. The first-order chi connectivity index (χ1) is 14.2. The van der Waals surface area contributed by atoms with Crippen LogP contribution in [0, 0.1) is 11.3 Å². The normalized spacial score (nSPS) is 20.9. The second-order valence-corrected chi connectivity index (χ2v) is 9.31. The highest BCUT2D eigenvalue weighted by atomic mass is 16.6. The Bertz CT molecular complexity index is 494. The van der Waals surface area contributed by atoms with E-state index in [1.807, 2.05) is 0 Å². The largest absolute Gasteiger partial charge is 0.391 e. The van der Waals surface area contributed by atoms with Gasteiger partial charge in [0.25, 0.3) is 0 Å². The van der Waals surface area contributed by atoms with E-state index in [2.05, 4.69) is 23.8 Å². The van der Waals surface area contributed by atoms with Crippen LogP contribution >= 0.6 is 0 Å². The maximum Gasteiger partial charge on any atom is 0.331 e. The number of unbranched alkanes of at least 4 members (excludes halogenated alkanes) is 14. The summed E-state index contributed by atoms with van der Waals surface area (Å²) in [5, 5.41) is 0. The zero-order chi connectivity index (χ0) is 20.8. The average molecular weight is 405 g/mol. The Hall–Kier alpha value is -1.12. The predicted molar refractivity (Wildman–Crippen MR) is 120 cm³/mol. The fraction of sp³-hybridized carbons (Fsp3) is 0.846. The van der Waals surface area contributed by atoms with Gasteiger partial charge in [-0.2, -0.15) is 0 Å². The lowest BCUT2D eigenvalue weighted by Gasteiger charge is -2.43. The van der Waals surface area contributed by atoms with Gasteiger partial charge < -0.3 is 4.74 Å². The van der Waals surface area contributed by atoms with E-state index in [9.17, 15) is 9.59 Å².